The first-order chi connectivity index (χ1) is 6.38. The predicted octanol–water partition coefficient (Wildman–Crippen LogP) is 2.16. The molecule has 0 saturated heterocycles. The van der Waals surface area contributed by atoms with E-state index in [9.17, 15) is 0 Å². The average molecular weight is 176 g/mol. The summed E-state index contributed by atoms with van der Waals surface area (Å²) < 4.78 is 9.71. The summed E-state index contributed by atoms with van der Waals surface area (Å²) >= 11 is 0. The monoisotopic (exact) mass is 176 g/mol. The summed E-state index contributed by atoms with van der Waals surface area (Å²) in [6.07, 6.45) is 1.50. The van der Waals surface area contributed by atoms with Crippen LogP contribution in [-0.4, -0.2) is 13.6 Å². The average Bonchev–Trinajstić information content (AvgIpc) is 2.21. The Morgan fingerprint density at radius 2 is 2.15 bits per heavy atom. The molecule has 1 aromatic carbocycles. The number of carbonyl (C=O) groups excluding carboxylic acids is 1. The molecule has 0 amide bonds. The maximum absolute atomic E-state index is 5.14. The van der Waals surface area contributed by atoms with Gasteiger partial charge in [0, 0.05) is 5.56 Å². The molecule has 1 rings (SSSR count). The quantitative estimate of drug-likeness (QED) is 0.391. The Morgan fingerprint density at radius 1 is 1.46 bits per heavy atom. The second-order valence-electron chi connectivity index (χ2n) is 2.47. The summed E-state index contributed by atoms with van der Waals surface area (Å²) in [5, 5.41) is 0. The Balaban J connectivity index is 2.72. The van der Waals surface area contributed by atoms with E-state index in [1.54, 1.807) is 6.08 Å². The van der Waals surface area contributed by atoms with Crippen molar-refractivity contribution in [3.8, 4) is 0 Å². The van der Waals surface area contributed by atoms with Gasteiger partial charge >= 0.3 is 0 Å². The molecule has 0 aromatic heterocycles. The van der Waals surface area contributed by atoms with Gasteiger partial charge in [0.05, 0.1) is 0 Å². The van der Waals surface area contributed by atoms with Crippen LogP contribution in [-0.2, 0) is 9.16 Å². The molecule has 1 unspecified atom stereocenters. The van der Waals surface area contributed by atoms with E-state index >= 15 is 0 Å². The van der Waals surface area contributed by atoms with Gasteiger partial charge < -0.3 is 9.16 Å². The molecule has 0 aliphatic rings. The summed E-state index contributed by atoms with van der Waals surface area (Å²) in [5.74, 6) is 0. The highest BCUT2D eigenvalue weighted by atomic mass is 16.6. The van der Waals surface area contributed by atoms with Crippen molar-refractivity contribution in [2.45, 2.75) is 6.10 Å². The first kappa shape index (κ1) is 9.52. The van der Waals surface area contributed by atoms with Crippen LogP contribution in [0.5, 0.6) is 0 Å². The fourth-order valence-electron chi connectivity index (χ4n) is 0.995. The van der Waals surface area contributed by atoms with Crippen LogP contribution in [0.1, 0.15) is 11.7 Å². The first-order valence-electron chi connectivity index (χ1n) is 3.99. The van der Waals surface area contributed by atoms with Gasteiger partial charge in [-0.1, -0.05) is 36.9 Å². The van der Waals surface area contributed by atoms with Crippen molar-refractivity contribution in [3.63, 3.8) is 0 Å². The van der Waals surface area contributed by atoms with Gasteiger partial charge in [-0.2, -0.15) is 0 Å². The van der Waals surface area contributed by atoms with Crippen LogP contribution in [0.4, 0.5) is 0 Å². The van der Waals surface area contributed by atoms with Crippen LogP contribution in [0.15, 0.2) is 43.0 Å². The minimum Gasteiger partial charge on any atom is -0.506 e. The molecule has 0 radical (unpaired) electrons. The third-order valence-electron chi connectivity index (χ3n) is 1.60. The van der Waals surface area contributed by atoms with Gasteiger partial charge in [0.25, 0.3) is 0 Å². The van der Waals surface area contributed by atoms with Gasteiger partial charge in [-0.25, -0.2) is 0 Å². The van der Waals surface area contributed by atoms with Crippen molar-refractivity contribution < 1.29 is 9.16 Å². The van der Waals surface area contributed by atoms with Gasteiger partial charge in [0.1, 0.15) is 7.11 Å². The number of hydrogen-bond donors (Lipinski definition) is 0. The smallest absolute Gasteiger partial charge is 0.194 e. The van der Waals surface area contributed by atoms with E-state index in [4.69, 9.17) is 4.74 Å². The van der Waals surface area contributed by atoms with Crippen molar-refractivity contribution in [1.29, 1.82) is 0 Å². The van der Waals surface area contributed by atoms with Crippen LogP contribution < -0.4 is 0 Å². The lowest BCUT2D eigenvalue weighted by Gasteiger charge is -2.09. The zero-order valence-corrected chi connectivity index (χ0v) is 7.57. The fraction of sp³-hybridized carbons (Fsp3) is 0.182. The standard InChI is InChI=1S/C11H12O2/c1-3-11(13-9-12-2)10-7-5-4-6-8-10/h3-8,11H,1H2,2H3. The third-order valence-corrected chi connectivity index (χ3v) is 1.60. The van der Waals surface area contributed by atoms with Crippen molar-refractivity contribution in [2.24, 2.45) is 0 Å². The summed E-state index contributed by atoms with van der Waals surface area (Å²) in [6, 6.07) is 9.77. The summed E-state index contributed by atoms with van der Waals surface area (Å²) in [7, 11) is 1.49. The Labute approximate surface area is 78.2 Å². The fourth-order valence-corrected chi connectivity index (χ4v) is 0.995. The van der Waals surface area contributed by atoms with Gasteiger partial charge in [-0.3, -0.25) is 0 Å². The number of hydrogen-bond acceptors (Lipinski definition) is 1. The van der Waals surface area contributed by atoms with Crippen molar-refractivity contribution in [1.82, 2.24) is 0 Å². The zero-order valence-electron chi connectivity index (χ0n) is 7.57. The van der Waals surface area contributed by atoms with Crippen LogP contribution in [0.3, 0.4) is 0 Å². The molecule has 2 nitrogen and oxygen atoms in total. The molecule has 0 bridgehead atoms. The van der Waals surface area contributed by atoms with Crippen molar-refractivity contribution in [2.75, 3.05) is 7.11 Å². The van der Waals surface area contributed by atoms with E-state index in [2.05, 4.69) is 17.5 Å². The van der Waals surface area contributed by atoms with E-state index in [1.807, 2.05) is 30.3 Å². The van der Waals surface area contributed by atoms with Gasteiger partial charge in [0.2, 0.25) is 0 Å². The second-order valence-corrected chi connectivity index (χ2v) is 2.47. The van der Waals surface area contributed by atoms with E-state index in [1.165, 1.54) is 7.11 Å². The van der Waals surface area contributed by atoms with Crippen LogP contribution in [0.2, 0.25) is 0 Å². The Morgan fingerprint density at radius 3 is 2.69 bits per heavy atom. The first-order valence-corrected chi connectivity index (χ1v) is 3.99. The Hall–Kier alpha value is -1.57. The molecular weight excluding hydrogens is 164 g/mol. The third kappa shape index (κ3) is 2.75. The van der Waals surface area contributed by atoms with Gasteiger partial charge in [-0.15, -0.1) is 0 Å². The maximum Gasteiger partial charge on any atom is 0.194 e. The molecule has 13 heavy (non-hydrogen) atoms. The van der Waals surface area contributed by atoms with Crippen LogP contribution >= 0.6 is 0 Å². The molecule has 0 fully saturated rings. The molecule has 0 spiro atoms. The van der Waals surface area contributed by atoms with Crippen LogP contribution in [0.25, 0.3) is 0 Å². The normalized spacial score (nSPS) is 12.7. The largest absolute Gasteiger partial charge is 0.506 e. The summed E-state index contributed by atoms with van der Waals surface area (Å²) in [6.45, 7) is 6.00. The Bertz CT molecular complexity index is 277. The molecule has 68 valence electrons. The molecular formula is C11H12O2. The Kier molecular flexibility index (Phi) is 3.76. The van der Waals surface area contributed by atoms with E-state index in [0.29, 0.717) is 0 Å². The summed E-state index contributed by atoms with van der Waals surface area (Å²) in [5.41, 5.74) is 1.03. The highest BCUT2D eigenvalue weighted by Gasteiger charge is 2.06. The van der Waals surface area contributed by atoms with Gasteiger partial charge in [-0.05, 0) is 6.08 Å². The van der Waals surface area contributed by atoms with Crippen molar-refractivity contribution in [3.05, 3.63) is 48.6 Å². The SMILES string of the molecule is C=CC(O[C-]=[O+]C)c1ccccc1. The lowest BCUT2D eigenvalue weighted by Crippen LogP contribution is -1.99. The lowest BCUT2D eigenvalue weighted by molar-refractivity contribution is 0.112. The molecule has 0 aliphatic heterocycles. The predicted molar refractivity (Wildman–Crippen MR) is 52.1 cm³/mol. The highest BCUT2D eigenvalue weighted by molar-refractivity contribution is 5.41. The number of benzene rings is 1. The molecule has 2 heteroatoms. The minimum atomic E-state index is -0.193. The molecule has 1 atom stereocenters. The van der Waals surface area contributed by atoms with Crippen LogP contribution in [0, 0.1) is 0 Å². The zero-order chi connectivity index (χ0) is 9.52. The molecule has 0 aliphatic carbocycles. The number of ether oxygens (including phenoxy) is 1. The summed E-state index contributed by atoms with van der Waals surface area (Å²) in [4.78, 5) is 0. The number of rotatable bonds is 4. The topological polar surface area (TPSA) is 20.5 Å². The van der Waals surface area contributed by atoms with Gasteiger partial charge in [0.15, 0.2) is 12.6 Å². The second kappa shape index (κ2) is 5.14. The van der Waals surface area contributed by atoms with E-state index in [-0.39, 0.29) is 6.10 Å². The van der Waals surface area contributed by atoms with Crippen molar-refractivity contribution >= 4 is 6.47 Å². The van der Waals surface area contributed by atoms with E-state index in [0.717, 1.165) is 5.56 Å². The molecule has 0 heterocycles. The molecule has 1 aromatic rings. The molecule has 0 N–H and O–H groups in total. The maximum atomic E-state index is 5.14. The van der Waals surface area contributed by atoms with E-state index < -0.39 is 0 Å². The molecule has 0 saturated carbocycles. The lowest BCUT2D eigenvalue weighted by atomic mass is 10.1. The minimum absolute atomic E-state index is 0.193. The highest BCUT2D eigenvalue weighted by Crippen LogP contribution is 2.16.